The molecule has 0 spiro atoms. The van der Waals surface area contributed by atoms with Gasteiger partial charge in [0.2, 0.25) is 0 Å². The van der Waals surface area contributed by atoms with Gasteiger partial charge in [-0.1, -0.05) is 37.5 Å². The summed E-state index contributed by atoms with van der Waals surface area (Å²) in [6, 6.07) is 8.70. The van der Waals surface area contributed by atoms with E-state index in [1.165, 1.54) is 48.6 Å². The minimum atomic E-state index is 0.221. The Bertz CT molecular complexity index is 547. The van der Waals surface area contributed by atoms with Crippen molar-refractivity contribution in [2.24, 2.45) is 12.8 Å². The molecular formula is C16H22N2. The van der Waals surface area contributed by atoms with Gasteiger partial charge in [-0.2, -0.15) is 0 Å². The Labute approximate surface area is 109 Å². The van der Waals surface area contributed by atoms with E-state index in [2.05, 4.69) is 42.1 Å². The van der Waals surface area contributed by atoms with E-state index >= 15 is 0 Å². The van der Waals surface area contributed by atoms with Crippen LogP contribution < -0.4 is 5.73 Å². The Kier molecular flexibility index (Phi) is 2.90. The van der Waals surface area contributed by atoms with Gasteiger partial charge in [0, 0.05) is 36.1 Å². The van der Waals surface area contributed by atoms with Crippen LogP contribution in [0, 0.1) is 0 Å². The average molecular weight is 242 g/mol. The maximum absolute atomic E-state index is 6.16. The molecule has 0 radical (unpaired) electrons. The van der Waals surface area contributed by atoms with E-state index in [1.54, 1.807) is 0 Å². The molecule has 0 amide bonds. The van der Waals surface area contributed by atoms with Crippen LogP contribution in [0.15, 0.2) is 30.5 Å². The molecule has 1 aromatic heterocycles. The molecule has 1 aromatic carbocycles. The van der Waals surface area contributed by atoms with E-state index in [1.807, 2.05) is 0 Å². The van der Waals surface area contributed by atoms with Crippen molar-refractivity contribution in [1.82, 2.24) is 4.57 Å². The van der Waals surface area contributed by atoms with Crippen molar-refractivity contribution >= 4 is 10.9 Å². The highest BCUT2D eigenvalue weighted by Crippen LogP contribution is 2.42. The number of nitrogens with zero attached hydrogens (tertiary/aromatic N) is 1. The van der Waals surface area contributed by atoms with Crippen LogP contribution in [-0.4, -0.2) is 11.1 Å². The summed E-state index contributed by atoms with van der Waals surface area (Å²) < 4.78 is 2.25. The molecule has 1 aliphatic rings. The van der Waals surface area contributed by atoms with E-state index in [9.17, 15) is 0 Å². The quantitative estimate of drug-likeness (QED) is 0.860. The molecule has 0 atom stereocenters. The highest BCUT2D eigenvalue weighted by molar-refractivity contribution is 5.85. The third-order valence-electron chi connectivity index (χ3n) is 4.67. The second kappa shape index (κ2) is 4.43. The Morgan fingerprint density at radius 1 is 1.17 bits per heavy atom. The number of aryl methyl sites for hydroxylation is 1. The van der Waals surface area contributed by atoms with Gasteiger partial charge in [-0.3, -0.25) is 0 Å². The summed E-state index contributed by atoms with van der Waals surface area (Å²) in [7, 11) is 2.14. The molecule has 1 fully saturated rings. The third kappa shape index (κ3) is 1.67. The van der Waals surface area contributed by atoms with Gasteiger partial charge in [0.05, 0.1) is 0 Å². The van der Waals surface area contributed by atoms with Crippen molar-refractivity contribution in [1.29, 1.82) is 0 Å². The van der Waals surface area contributed by atoms with Gasteiger partial charge in [-0.05, 0) is 24.5 Å². The molecule has 3 rings (SSSR count). The number of hydrogen-bond donors (Lipinski definition) is 1. The highest BCUT2D eigenvalue weighted by atomic mass is 14.9. The maximum atomic E-state index is 6.16. The normalized spacial score (nSPS) is 19.2. The molecule has 2 heteroatoms. The number of para-hydroxylation sites is 1. The molecular weight excluding hydrogens is 220 g/mol. The van der Waals surface area contributed by atoms with Gasteiger partial charge in [0.15, 0.2) is 0 Å². The Balaban J connectivity index is 2.18. The number of rotatable bonds is 2. The van der Waals surface area contributed by atoms with E-state index in [0.29, 0.717) is 0 Å². The van der Waals surface area contributed by atoms with Crippen molar-refractivity contribution in [2.75, 3.05) is 6.54 Å². The van der Waals surface area contributed by atoms with Crippen LogP contribution in [0.4, 0.5) is 0 Å². The van der Waals surface area contributed by atoms with Gasteiger partial charge in [-0.25, -0.2) is 0 Å². The van der Waals surface area contributed by atoms with Gasteiger partial charge < -0.3 is 10.3 Å². The zero-order chi connectivity index (χ0) is 12.6. The molecule has 2 aromatic rings. The molecule has 0 bridgehead atoms. The van der Waals surface area contributed by atoms with Crippen molar-refractivity contribution in [3.8, 4) is 0 Å². The Morgan fingerprint density at radius 3 is 2.61 bits per heavy atom. The standard InChI is InChI=1S/C16H22N2/c1-18-11-14(13-7-3-4-8-15(13)18)16(12-17)9-5-2-6-10-16/h3-4,7-8,11H,2,5-6,9-10,12,17H2,1H3. The zero-order valence-electron chi connectivity index (χ0n) is 11.2. The van der Waals surface area contributed by atoms with Crippen LogP contribution in [0.25, 0.3) is 10.9 Å². The number of nitrogens with two attached hydrogens (primary N) is 1. The maximum Gasteiger partial charge on any atom is 0.0480 e. The van der Waals surface area contributed by atoms with Crippen molar-refractivity contribution in [3.63, 3.8) is 0 Å². The minimum Gasteiger partial charge on any atom is -0.350 e. The first-order chi connectivity index (χ1) is 8.77. The minimum absolute atomic E-state index is 0.221. The lowest BCUT2D eigenvalue weighted by atomic mass is 9.69. The molecule has 1 saturated carbocycles. The average Bonchev–Trinajstić information content (AvgIpc) is 2.78. The molecule has 1 aliphatic carbocycles. The highest BCUT2D eigenvalue weighted by Gasteiger charge is 2.34. The van der Waals surface area contributed by atoms with E-state index in [4.69, 9.17) is 5.73 Å². The molecule has 1 heterocycles. The lowest BCUT2D eigenvalue weighted by molar-refractivity contribution is 0.302. The smallest absolute Gasteiger partial charge is 0.0480 e. The van der Waals surface area contributed by atoms with E-state index in [0.717, 1.165) is 6.54 Å². The SMILES string of the molecule is Cn1cc(C2(CN)CCCCC2)c2ccccc21. The predicted molar refractivity (Wildman–Crippen MR) is 76.7 cm³/mol. The van der Waals surface area contributed by atoms with Crippen molar-refractivity contribution in [3.05, 3.63) is 36.0 Å². The van der Waals surface area contributed by atoms with Gasteiger partial charge >= 0.3 is 0 Å². The van der Waals surface area contributed by atoms with Crippen molar-refractivity contribution < 1.29 is 0 Å². The van der Waals surface area contributed by atoms with Crippen LogP contribution in [0.3, 0.4) is 0 Å². The molecule has 2 N–H and O–H groups in total. The molecule has 0 aliphatic heterocycles. The molecule has 96 valence electrons. The van der Waals surface area contributed by atoms with E-state index < -0.39 is 0 Å². The first-order valence-corrected chi connectivity index (χ1v) is 7.01. The summed E-state index contributed by atoms with van der Waals surface area (Å²) in [4.78, 5) is 0. The van der Waals surface area contributed by atoms with Gasteiger partial charge in [0.1, 0.15) is 0 Å². The summed E-state index contributed by atoms with van der Waals surface area (Å²) in [6.45, 7) is 0.779. The number of benzene rings is 1. The number of fused-ring (bicyclic) bond motifs is 1. The largest absolute Gasteiger partial charge is 0.350 e. The van der Waals surface area contributed by atoms with Gasteiger partial charge in [0.25, 0.3) is 0 Å². The van der Waals surface area contributed by atoms with Crippen LogP contribution in [-0.2, 0) is 12.5 Å². The predicted octanol–water partition coefficient (Wildman–Crippen LogP) is 3.34. The molecule has 0 unspecified atom stereocenters. The van der Waals surface area contributed by atoms with Crippen LogP contribution in [0.5, 0.6) is 0 Å². The van der Waals surface area contributed by atoms with Gasteiger partial charge in [-0.15, -0.1) is 0 Å². The number of aromatic nitrogens is 1. The Morgan fingerprint density at radius 2 is 1.89 bits per heavy atom. The third-order valence-corrected chi connectivity index (χ3v) is 4.67. The molecule has 2 nitrogen and oxygen atoms in total. The monoisotopic (exact) mass is 242 g/mol. The Hall–Kier alpha value is -1.28. The topological polar surface area (TPSA) is 30.9 Å². The van der Waals surface area contributed by atoms with E-state index in [-0.39, 0.29) is 5.41 Å². The number of hydrogen-bond acceptors (Lipinski definition) is 1. The van der Waals surface area contributed by atoms with Crippen molar-refractivity contribution in [2.45, 2.75) is 37.5 Å². The molecule has 0 saturated heterocycles. The fraction of sp³-hybridized carbons (Fsp3) is 0.500. The lowest BCUT2D eigenvalue weighted by Crippen LogP contribution is -2.37. The van der Waals surface area contributed by atoms with Crippen LogP contribution in [0.2, 0.25) is 0 Å². The zero-order valence-corrected chi connectivity index (χ0v) is 11.2. The second-order valence-corrected chi connectivity index (χ2v) is 5.72. The first-order valence-electron chi connectivity index (χ1n) is 7.01. The fourth-order valence-electron chi connectivity index (χ4n) is 3.58. The summed E-state index contributed by atoms with van der Waals surface area (Å²) in [6.07, 6.45) is 8.81. The summed E-state index contributed by atoms with van der Waals surface area (Å²) >= 11 is 0. The lowest BCUT2D eigenvalue weighted by Gasteiger charge is -2.36. The second-order valence-electron chi connectivity index (χ2n) is 5.72. The first kappa shape index (κ1) is 11.8. The van der Waals surface area contributed by atoms with Crippen LogP contribution >= 0.6 is 0 Å². The fourth-order valence-corrected chi connectivity index (χ4v) is 3.58. The molecule has 18 heavy (non-hydrogen) atoms. The summed E-state index contributed by atoms with van der Waals surface area (Å²) in [5, 5.41) is 1.40. The summed E-state index contributed by atoms with van der Waals surface area (Å²) in [5.41, 5.74) is 9.18. The van der Waals surface area contributed by atoms with Crippen LogP contribution in [0.1, 0.15) is 37.7 Å². The summed E-state index contributed by atoms with van der Waals surface area (Å²) in [5.74, 6) is 0.